The molecule has 0 bridgehead atoms. The number of nitrogens with zero attached hydrogens (tertiary/aromatic N) is 2. The van der Waals surface area contributed by atoms with E-state index < -0.39 is 5.43 Å². The third-order valence-electron chi connectivity index (χ3n) is 4.36. The van der Waals surface area contributed by atoms with Crippen LogP contribution in [0, 0.1) is 0 Å². The predicted molar refractivity (Wildman–Crippen MR) is 91.4 cm³/mol. The highest BCUT2D eigenvalue weighted by atomic mass is 16.3. The molecule has 6 nitrogen and oxygen atoms in total. The van der Waals surface area contributed by atoms with E-state index >= 15 is 0 Å². The lowest BCUT2D eigenvalue weighted by Crippen LogP contribution is -2.50. The molecule has 6 heteroatoms. The molecule has 0 spiro atoms. The largest absolute Gasteiger partial charge is 0.508 e. The Morgan fingerprint density at radius 2 is 1.70 bits per heavy atom. The lowest BCUT2D eigenvalue weighted by molar-refractivity contribution is 0.312. The number of piperazine rings is 1. The summed E-state index contributed by atoms with van der Waals surface area (Å²) < 4.78 is 0. The second-order valence-corrected chi connectivity index (χ2v) is 6.02. The SMILES string of the molecule is CN1CCN(c2c(NCCc3ccc(O)cc3)c(=O)c2=O)CC1. The van der Waals surface area contributed by atoms with Gasteiger partial charge in [-0.1, -0.05) is 12.1 Å². The maximum absolute atomic E-state index is 11.9. The fraction of sp³-hybridized carbons (Fsp3) is 0.412. The molecule has 0 saturated carbocycles. The molecule has 2 aromatic carbocycles. The Morgan fingerprint density at radius 1 is 1.04 bits per heavy atom. The van der Waals surface area contributed by atoms with Crippen LogP contribution in [0.15, 0.2) is 33.9 Å². The average Bonchev–Trinajstić information content (AvgIpc) is 2.56. The van der Waals surface area contributed by atoms with Crippen LogP contribution in [-0.2, 0) is 6.42 Å². The van der Waals surface area contributed by atoms with Gasteiger partial charge in [0.15, 0.2) is 0 Å². The molecule has 23 heavy (non-hydrogen) atoms. The van der Waals surface area contributed by atoms with Crippen LogP contribution in [0.25, 0.3) is 0 Å². The van der Waals surface area contributed by atoms with Gasteiger partial charge in [0, 0.05) is 32.7 Å². The molecule has 122 valence electrons. The first-order chi connectivity index (χ1) is 11.1. The van der Waals surface area contributed by atoms with E-state index in [1.165, 1.54) is 0 Å². The first kappa shape index (κ1) is 15.6. The zero-order chi connectivity index (χ0) is 16.4. The summed E-state index contributed by atoms with van der Waals surface area (Å²) in [6, 6.07) is 6.98. The van der Waals surface area contributed by atoms with Crippen LogP contribution in [0.4, 0.5) is 11.4 Å². The van der Waals surface area contributed by atoms with Gasteiger partial charge in [-0.05, 0) is 31.2 Å². The maximum Gasteiger partial charge on any atom is 0.253 e. The Hall–Kier alpha value is -2.34. The van der Waals surface area contributed by atoms with Gasteiger partial charge >= 0.3 is 0 Å². The highest BCUT2D eigenvalue weighted by Crippen LogP contribution is 2.21. The van der Waals surface area contributed by atoms with E-state index in [2.05, 4.69) is 17.3 Å². The fourth-order valence-electron chi connectivity index (χ4n) is 2.87. The quantitative estimate of drug-likeness (QED) is 0.778. The molecular formula is C17H21N3O3. The molecule has 1 aliphatic rings. The summed E-state index contributed by atoms with van der Waals surface area (Å²) in [5.74, 6) is 0.238. The average molecular weight is 315 g/mol. The van der Waals surface area contributed by atoms with Gasteiger partial charge < -0.3 is 20.2 Å². The van der Waals surface area contributed by atoms with E-state index in [0.717, 1.165) is 38.2 Å². The van der Waals surface area contributed by atoms with Crippen LogP contribution in [0.5, 0.6) is 5.75 Å². The van der Waals surface area contributed by atoms with Crippen LogP contribution < -0.4 is 21.1 Å². The van der Waals surface area contributed by atoms with E-state index in [4.69, 9.17) is 0 Å². The second-order valence-electron chi connectivity index (χ2n) is 6.02. The summed E-state index contributed by atoms with van der Waals surface area (Å²) >= 11 is 0. The molecule has 0 atom stereocenters. The normalized spacial score (nSPS) is 16.0. The first-order valence-electron chi connectivity index (χ1n) is 7.85. The van der Waals surface area contributed by atoms with Crippen molar-refractivity contribution in [1.29, 1.82) is 0 Å². The third kappa shape index (κ3) is 3.22. The Labute approximate surface area is 134 Å². The van der Waals surface area contributed by atoms with Gasteiger partial charge in [-0.15, -0.1) is 0 Å². The van der Waals surface area contributed by atoms with Gasteiger partial charge in [0.25, 0.3) is 10.9 Å². The number of rotatable bonds is 5. The third-order valence-corrected chi connectivity index (χ3v) is 4.36. The van der Waals surface area contributed by atoms with Gasteiger partial charge in [0.1, 0.15) is 17.1 Å². The minimum atomic E-state index is -0.412. The highest BCUT2D eigenvalue weighted by Gasteiger charge is 2.27. The molecule has 1 fully saturated rings. The zero-order valence-corrected chi connectivity index (χ0v) is 13.2. The minimum Gasteiger partial charge on any atom is -0.508 e. The molecule has 2 N–H and O–H groups in total. The molecule has 1 saturated heterocycles. The van der Waals surface area contributed by atoms with Crippen molar-refractivity contribution in [2.24, 2.45) is 0 Å². The van der Waals surface area contributed by atoms with Crippen LogP contribution in [0.3, 0.4) is 0 Å². The summed E-state index contributed by atoms with van der Waals surface area (Å²) in [5.41, 5.74) is 1.29. The molecular weight excluding hydrogens is 294 g/mol. The molecule has 0 aliphatic carbocycles. The van der Waals surface area contributed by atoms with E-state index in [1.807, 2.05) is 17.0 Å². The van der Waals surface area contributed by atoms with Crippen molar-refractivity contribution in [3.05, 3.63) is 50.3 Å². The van der Waals surface area contributed by atoms with E-state index in [-0.39, 0.29) is 11.2 Å². The standard InChI is InChI=1S/C17H21N3O3/c1-19-8-10-20(11-9-19)15-14(16(22)17(15)23)18-7-6-12-2-4-13(21)5-3-12/h2-5,18,21H,6-11H2,1H3. The van der Waals surface area contributed by atoms with Crippen LogP contribution in [0.2, 0.25) is 0 Å². The van der Waals surface area contributed by atoms with E-state index in [0.29, 0.717) is 17.9 Å². The molecule has 3 rings (SSSR count). The van der Waals surface area contributed by atoms with Crippen molar-refractivity contribution < 1.29 is 5.11 Å². The maximum atomic E-state index is 11.9. The van der Waals surface area contributed by atoms with Crippen molar-refractivity contribution in [2.45, 2.75) is 6.42 Å². The van der Waals surface area contributed by atoms with E-state index in [9.17, 15) is 14.7 Å². The van der Waals surface area contributed by atoms with Crippen LogP contribution in [0.1, 0.15) is 5.56 Å². The number of benzene rings is 1. The van der Waals surface area contributed by atoms with Gasteiger partial charge in [0.2, 0.25) is 0 Å². The summed E-state index contributed by atoms with van der Waals surface area (Å²) in [6.45, 7) is 3.91. The second kappa shape index (κ2) is 6.42. The molecule has 0 amide bonds. The molecule has 0 radical (unpaired) electrons. The van der Waals surface area contributed by atoms with Gasteiger partial charge in [-0.2, -0.15) is 0 Å². The van der Waals surface area contributed by atoms with Gasteiger partial charge in [0.05, 0.1) is 0 Å². The predicted octanol–water partition coefficient (Wildman–Crippen LogP) is 0.395. The molecule has 0 unspecified atom stereocenters. The van der Waals surface area contributed by atoms with Crippen molar-refractivity contribution >= 4 is 11.4 Å². The Kier molecular flexibility index (Phi) is 4.34. The van der Waals surface area contributed by atoms with Crippen molar-refractivity contribution in [3.63, 3.8) is 0 Å². The number of nitrogens with one attached hydrogen (secondary N) is 1. The van der Waals surface area contributed by atoms with Crippen molar-refractivity contribution in [3.8, 4) is 5.75 Å². The van der Waals surface area contributed by atoms with E-state index in [1.54, 1.807) is 12.1 Å². The Balaban J connectivity index is 1.62. The molecule has 2 aromatic rings. The van der Waals surface area contributed by atoms with Crippen LogP contribution >= 0.6 is 0 Å². The number of hydrogen-bond donors (Lipinski definition) is 2. The minimum absolute atomic E-state index is 0.238. The molecule has 1 aliphatic heterocycles. The fourth-order valence-corrected chi connectivity index (χ4v) is 2.87. The Bertz CT molecular complexity index is 739. The number of anilines is 2. The van der Waals surface area contributed by atoms with Gasteiger partial charge in [-0.25, -0.2) is 0 Å². The number of phenols is 1. The molecule has 1 heterocycles. The number of aromatic hydroxyl groups is 1. The summed E-state index contributed by atoms with van der Waals surface area (Å²) in [7, 11) is 2.05. The first-order valence-corrected chi connectivity index (χ1v) is 7.85. The molecule has 0 aromatic heterocycles. The Morgan fingerprint density at radius 3 is 2.35 bits per heavy atom. The number of phenolic OH excluding ortho intramolecular Hbond substituents is 1. The van der Waals surface area contributed by atoms with Gasteiger partial charge in [-0.3, -0.25) is 9.59 Å². The highest BCUT2D eigenvalue weighted by molar-refractivity contribution is 5.75. The number of likely N-dealkylation sites (N-methyl/N-ethyl adjacent to an activating group) is 1. The topological polar surface area (TPSA) is 72.9 Å². The smallest absolute Gasteiger partial charge is 0.253 e. The monoisotopic (exact) mass is 315 g/mol. The summed E-state index contributed by atoms with van der Waals surface area (Å²) in [6.07, 6.45) is 0.723. The van der Waals surface area contributed by atoms with Crippen LogP contribution in [-0.4, -0.2) is 49.8 Å². The number of hydrogen-bond acceptors (Lipinski definition) is 6. The van der Waals surface area contributed by atoms with Crippen molar-refractivity contribution in [1.82, 2.24) is 4.90 Å². The van der Waals surface area contributed by atoms with Crippen molar-refractivity contribution in [2.75, 3.05) is 50.0 Å². The summed E-state index contributed by atoms with van der Waals surface area (Å²) in [4.78, 5) is 27.9. The summed E-state index contributed by atoms with van der Waals surface area (Å²) in [5, 5.41) is 12.4. The lowest BCUT2D eigenvalue weighted by atomic mass is 10.1. The zero-order valence-electron chi connectivity index (χ0n) is 13.2. The lowest BCUT2D eigenvalue weighted by Gasteiger charge is -2.35.